The van der Waals surface area contributed by atoms with Crippen LogP contribution < -0.4 is 10.1 Å². The molecule has 1 unspecified atom stereocenters. The molecule has 1 rings (SSSR count). The summed E-state index contributed by atoms with van der Waals surface area (Å²) in [5.41, 5.74) is 1.28. The zero-order valence-electron chi connectivity index (χ0n) is 12.4. The molecule has 120 valence electrons. The Bertz CT molecular complexity index is 502. The molecule has 0 aliphatic heterocycles. The van der Waals surface area contributed by atoms with E-state index < -0.39 is 9.15 Å². The average molecular weight is 333 g/mol. The van der Waals surface area contributed by atoms with Crippen LogP contribution in [0.25, 0.3) is 0 Å². The Balaban J connectivity index is 2.11. The van der Waals surface area contributed by atoms with Gasteiger partial charge >= 0.3 is 9.15 Å². The second-order valence-electron chi connectivity index (χ2n) is 4.87. The third-order valence-electron chi connectivity index (χ3n) is 3.01. The second kappa shape index (κ2) is 9.30. The Morgan fingerprint density at radius 3 is 2.52 bits per heavy atom. The highest BCUT2D eigenvalue weighted by molar-refractivity contribution is 8.69. The summed E-state index contributed by atoms with van der Waals surface area (Å²) in [5, 5.41) is 3.24. The molecule has 1 aromatic rings. The summed E-state index contributed by atoms with van der Waals surface area (Å²) in [5.74, 6) is 1.21. The minimum absolute atomic E-state index is 0.0536. The van der Waals surface area contributed by atoms with Crippen LogP contribution in [0.3, 0.4) is 0 Å². The number of benzene rings is 1. The molecular formula is C14H23NO4S2. The largest absolute Gasteiger partial charge is 0.497 e. The van der Waals surface area contributed by atoms with Gasteiger partial charge in [-0.2, -0.15) is 8.42 Å². The molecule has 0 amide bonds. The molecule has 5 nitrogen and oxygen atoms in total. The first-order chi connectivity index (χ1) is 9.90. The SMILES string of the molecule is COc1ccc(CCCCNC(C)CSS(=O)(=O)O)cc1. The van der Waals surface area contributed by atoms with Gasteiger partial charge in [0.2, 0.25) is 0 Å². The molecule has 21 heavy (non-hydrogen) atoms. The number of aryl methyl sites for hydroxylation is 1. The van der Waals surface area contributed by atoms with Gasteiger partial charge in [0, 0.05) is 11.8 Å². The van der Waals surface area contributed by atoms with Gasteiger partial charge in [-0.1, -0.05) is 12.1 Å². The molecule has 0 aliphatic carbocycles. The number of methoxy groups -OCH3 is 1. The summed E-state index contributed by atoms with van der Waals surface area (Å²) in [6, 6.07) is 8.11. The fourth-order valence-electron chi connectivity index (χ4n) is 1.84. The van der Waals surface area contributed by atoms with Gasteiger partial charge in [0.15, 0.2) is 0 Å². The smallest absolute Gasteiger partial charge is 0.319 e. The summed E-state index contributed by atoms with van der Waals surface area (Å²) < 4.78 is 34.9. The van der Waals surface area contributed by atoms with E-state index in [1.807, 2.05) is 19.1 Å². The molecule has 0 bridgehead atoms. The first kappa shape index (κ1) is 18.3. The second-order valence-corrected chi connectivity index (χ2v) is 8.27. The highest BCUT2D eigenvalue weighted by Gasteiger charge is 2.09. The lowest BCUT2D eigenvalue weighted by Crippen LogP contribution is -2.29. The monoisotopic (exact) mass is 333 g/mol. The fourth-order valence-corrected chi connectivity index (χ4v) is 3.46. The lowest BCUT2D eigenvalue weighted by atomic mass is 10.1. The van der Waals surface area contributed by atoms with Crippen molar-refractivity contribution < 1.29 is 17.7 Å². The van der Waals surface area contributed by atoms with E-state index in [9.17, 15) is 8.42 Å². The number of hydrogen-bond donors (Lipinski definition) is 2. The van der Waals surface area contributed by atoms with Crippen molar-refractivity contribution in [1.82, 2.24) is 5.32 Å². The van der Waals surface area contributed by atoms with E-state index in [0.29, 0.717) is 16.5 Å². The van der Waals surface area contributed by atoms with Crippen molar-refractivity contribution >= 4 is 19.9 Å². The molecule has 7 heteroatoms. The number of nitrogens with one attached hydrogen (secondary N) is 1. The van der Waals surface area contributed by atoms with E-state index in [1.165, 1.54) is 5.56 Å². The third-order valence-corrected chi connectivity index (χ3v) is 5.25. The Hall–Kier alpha value is -0.760. The van der Waals surface area contributed by atoms with Crippen LogP contribution in [0.2, 0.25) is 0 Å². The molecule has 0 aromatic heterocycles. The predicted octanol–water partition coefficient (Wildman–Crippen LogP) is 2.53. The Kier molecular flexibility index (Phi) is 8.10. The minimum Gasteiger partial charge on any atom is -0.497 e. The number of rotatable bonds is 10. The standard InChI is InChI=1S/C14H23NO4S2/c1-12(11-20-21(16,17)18)15-10-4-3-5-13-6-8-14(19-2)9-7-13/h6-9,12,15H,3-5,10-11H2,1-2H3,(H,16,17,18). The summed E-state index contributed by atoms with van der Waals surface area (Å²) in [6.45, 7) is 2.74. The van der Waals surface area contributed by atoms with E-state index in [1.54, 1.807) is 7.11 Å². The first-order valence-electron chi connectivity index (χ1n) is 6.89. The first-order valence-corrected chi connectivity index (χ1v) is 9.83. The van der Waals surface area contributed by atoms with Crippen LogP contribution in [0.5, 0.6) is 5.75 Å². The molecule has 1 aromatic carbocycles. The topological polar surface area (TPSA) is 75.6 Å². The maximum atomic E-state index is 10.6. The normalized spacial score (nSPS) is 13.1. The van der Waals surface area contributed by atoms with Gasteiger partial charge in [-0.25, -0.2) is 0 Å². The molecule has 0 fully saturated rings. The van der Waals surface area contributed by atoms with Gasteiger partial charge in [0.25, 0.3) is 0 Å². The van der Waals surface area contributed by atoms with E-state index in [2.05, 4.69) is 17.4 Å². The van der Waals surface area contributed by atoms with Gasteiger partial charge in [0.05, 0.1) is 7.11 Å². The molecule has 1 atom stereocenters. The van der Waals surface area contributed by atoms with Crippen molar-refractivity contribution in [3.8, 4) is 5.75 Å². The van der Waals surface area contributed by atoms with Crippen molar-refractivity contribution in [3.63, 3.8) is 0 Å². The number of unbranched alkanes of at least 4 members (excludes halogenated alkanes) is 1. The summed E-state index contributed by atoms with van der Waals surface area (Å²) >= 11 is 0. The van der Waals surface area contributed by atoms with Crippen LogP contribution in [-0.4, -0.2) is 38.4 Å². The molecule has 0 heterocycles. The van der Waals surface area contributed by atoms with Gasteiger partial charge in [-0.15, -0.1) is 0 Å². The molecule has 0 saturated carbocycles. The van der Waals surface area contributed by atoms with Crippen LogP contribution in [0.1, 0.15) is 25.3 Å². The van der Waals surface area contributed by atoms with Crippen molar-refractivity contribution in [2.45, 2.75) is 32.2 Å². The lowest BCUT2D eigenvalue weighted by Gasteiger charge is -2.12. The zero-order valence-corrected chi connectivity index (χ0v) is 14.0. The van der Waals surface area contributed by atoms with Gasteiger partial charge < -0.3 is 10.1 Å². The maximum Gasteiger partial charge on any atom is 0.319 e. The molecule has 0 saturated heterocycles. The highest BCUT2D eigenvalue weighted by atomic mass is 33.1. The molecule has 0 aliphatic rings. The van der Waals surface area contributed by atoms with E-state index >= 15 is 0 Å². The quantitative estimate of drug-likeness (QED) is 0.389. The van der Waals surface area contributed by atoms with Crippen molar-refractivity contribution in [2.75, 3.05) is 19.4 Å². The third kappa shape index (κ3) is 8.98. The van der Waals surface area contributed by atoms with E-state index in [0.717, 1.165) is 31.6 Å². The van der Waals surface area contributed by atoms with Gasteiger partial charge in [-0.3, -0.25) is 4.55 Å². The van der Waals surface area contributed by atoms with Crippen molar-refractivity contribution in [3.05, 3.63) is 29.8 Å². The molecular weight excluding hydrogens is 310 g/mol. The molecule has 0 radical (unpaired) electrons. The predicted molar refractivity (Wildman–Crippen MR) is 87.4 cm³/mol. The lowest BCUT2D eigenvalue weighted by molar-refractivity contribution is 0.414. The zero-order chi connectivity index (χ0) is 15.7. The number of ether oxygens (including phenoxy) is 1. The Labute approximate surface area is 130 Å². The van der Waals surface area contributed by atoms with Crippen LogP contribution in [0.4, 0.5) is 0 Å². The van der Waals surface area contributed by atoms with Gasteiger partial charge in [0.1, 0.15) is 5.75 Å². The van der Waals surface area contributed by atoms with Crippen molar-refractivity contribution in [2.24, 2.45) is 0 Å². The summed E-state index contributed by atoms with van der Waals surface area (Å²) in [4.78, 5) is 0. The van der Waals surface area contributed by atoms with Crippen LogP contribution in [0.15, 0.2) is 24.3 Å². The van der Waals surface area contributed by atoms with Crippen LogP contribution in [0, 0.1) is 0 Å². The maximum absolute atomic E-state index is 10.6. The average Bonchev–Trinajstić information content (AvgIpc) is 2.44. The fraction of sp³-hybridized carbons (Fsp3) is 0.571. The van der Waals surface area contributed by atoms with E-state index in [4.69, 9.17) is 9.29 Å². The highest BCUT2D eigenvalue weighted by Crippen LogP contribution is 2.13. The van der Waals surface area contributed by atoms with Crippen LogP contribution in [-0.2, 0) is 15.6 Å². The van der Waals surface area contributed by atoms with Crippen molar-refractivity contribution in [1.29, 1.82) is 0 Å². The molecule has 0 spiro atoms. The summed E-state index contributed by atoms with van der Waals surface area (Å²) in [6.07, 6.45) is 3.10. The molecule has 2 N–H and O–H groups in total. The van der Waals surface area contributed by atoms with Gasteiger partial charge in [-0.05, 0) is 61.2 Å². The van der Waals surface area contributed by atoms with Crippen LogP contribution >= 0.6 is 10.8 Å². The minimum atomic E-state index is -3.93. The summed E-state index contributed by atoms with van der Waals surface area (Å²) in [7, 11) is -1.72. The number of hydrogen-bond acceptors (Lipinski definition) is 5. The Morgan fingerprint density at radius 1 is 1.29 bits per heavy atom. The van der Waals surface area contributed by atoms with E-state index in [-0.39, 0.29) is 6.04 Å². The Morgan fingerprint density at radius 2 is 1.95 bits per heavy atom.